The standard InChI is InChI=1S/C16H28N4O2S/c1-4-17-16(18-7-5-15-19-9-13(3)23-15)20-12(2)10-22-14-6-8-21-11-14/h9,12,14H,4-8,10-11H2,1-3H3,(H2,17,18,20). The minimum Gasteiger partial charge on any atom is -0.379 e. The van der Waals surface area contributed by atoms with Crippen LogP contribution in [-0.2, 0) is 15.9 Å². The first-order valence-electron chi connectivity index (χ1n) is 8.33. The lowest BCUT2D eigenvalue weighted by Crippen LogP contribution is -2.44. The van der Waals surface area contributed by atoms with E-state index in [2.05, 4.69) is 41.4 Å². The third-order valence-corrected chi connectivity index (χ3v) is 4.43. The molecule has 2 atom stereocenters. The SMILES string of the molecule is CCNC(=NCCc1ncc(C)s1)NC(C)COC1CCOC1. The zero-order chi connectivity index (χ0) is 16.5. The van der Waals surface area contributed by atoms with Gasteiger partial charge in [-0.1, -0.05) is 0 Å². The maximum absolute atomic E-state index is 5.84. The summed E-state index contributed by atoms with van der Waals surface area (Å²) >= 11 is 1.74. The van der Waals surface area contributed by atoms with Crippen LogP contribution in [0.3, 0.4) is 0 Å². The summed E-state index contributed by atoms with van der Waals surface area (Å²) in [7, 11) is 0. The molecule has 0 radical (unpaired) electrons. The Kier molecular flexibility index (Phi) is 7.78. The number of nitrogens with zero attached hydrogens (tertiary/aromatic N) is 2. The highest BCUT2D eigenvalue weighted by molar-refractivity contribution is 7.11. The normalized spacial score (nSPS) is 19.8. The Morgan fingerprint density at radius 2 is 2.48 bits per heavy atom. The molecular weight excluding hydrogens is 312 g/mol. The van der Waals surface area contributed by atoms with Gasteiger partial charge in [0.05, 0.1) is 24.3 Å². The van der Waals surface area contributed by atoms with E-state index in [1.807, 2.05) is 6.20 Å². The van der Waals surface area contributed by atoms with Crippen molar-refractivity contribution >= 4 is 17.3 Å². The number of ether oxygens (including phenoxy) is 2. The molecular formula is C16H28N4O2S. The maximum Gasteiger partial charge on any atom is 0.191 e. The second kappa shape index (κ2) is 9.85. The van der Waals surface area contributed by atoms with Crippen molar-refractivity contribution in [3.8, 4) is 0 Å². The molecule has 1 aromatic rings. The van der Waals surface area contributed by atoms with E-state index in [1.54, 1.807) is 11.3 Å². The van der Waals surface area contributed by atoms with Crippen molar-refractivity contribution in [2.45, 2.75) is 45.8 Å². The highest BCUT2D eigenvalue weighted by atomic mass is 32.1. The zero-order valence-electron chi connectivity index (χ0n) is 14.3. The Hall–Kier alpha value is -1.18. The van der Waals surface area contributed by atoms with Crippen LogP contribution in [-0.4, -0.2) is 56.0 Å². The number of hydrogen-bond acceptors (Lipinski definition) is 5. The lowest BCUT2D eigenvalue weighted by Gasteiger charge is -2.19. The van der Waals surface area contributed by atoms with E-state index < -0.39 is 0 Å². The van der Waals surface area contributed by atoms with E-state index in [0.29, 0.717) is 13.2 Å². The molecule has 2 N–H and O–H groups in total. The highest BCUT2D eigenvalue weighted by Crippen LogP contribution is 2.11. The van der Waals surface area contributed by atoms with Gasteiger partial charge in [-0.2, -0.15) is 0 Å². The van der Waals surface area contributed by atoms with Crippen LogP contribution >= 0.6 is 11.3 Å². The van der Waals surface area contributed by atoms with Gasteiger partial charge in [-0.15, -0.1) is 11.3 Å². The van der Waals surface area contributed by atoms with Crippen molar-refractivity contribution in [1.29, 1.82) is 0 Å². The van der Waals surface area contributed by atoms with Crippen LogP contribution in [0.2, 0.25) is 0 Å². The van der Waals surface area contributed by atoms with E-state index in [-0.39, 0.29) is 12.1 Å². The summed E-state index contributed by atoms with van der Waals surface area (Å²) in [6, 6.07) is 0.204. The van der Waals surface area contributed by atoms with E-state index in [9.17, 15) is 0 Å². The first-order valence-corrected chi connectivity index (χ1v) is 9.14. The van der Waals surface area contributed by atoms with Crippen molar-refractivity contribution < 1.29 is 9.47 Å². The third-order valence-electron chi connectivity index (χ3n) is 3.46. The number of aliphatic imine (C=N–C) groups is 1. The fraction of sp³-hybridized carbons (Fsp3) is 0.750. The summed E-state index contributed by atoms with van der Waals surface area (Å²) in [4.78, 5) is 10.2. The molecule has 1 saturated heterocycles. The van der Waals surface area contributed by atoms with E-state index >= 15 is 0 Å². The first kappa shape index (κ1) is 18.2. The molecule has 1 aliphatic heterocycles. The molecule has 2 rings (SSSR count). The summed E-state index contributed by atoms with van der Waals surface area (Å²) < 4.78 is 11.2. The predicted octanol–water partition coefficient (Wildman–Crippen LogP) is 1.74. The molecule has 0 aliphatic carbocycles. The first-order chi connectivity index (χ1) is 11.2. The van der Waals surface area contributed by atoms with Gasteiger partial charge in [0.2, 0.25) is 0 Å². The molecule has 130 valence electrons. The summed E-state index contributed by atoms with van der Waals surface area (Å²) in [5.74, 6) is 0.833. The van der Waals surface area contributed by atoms with Gasteiger partial charge in [0.1, 0.15) is 0 Å². The summed E-state index contributed by atoms with van der Waals surface area (Å²) in [6.07, 6.45) is 4.03. The predicted molar refractivity (Wildman–Crippen MR) is 94.3 cm³/mol. The molecule has 6 nitrogen and oxygen atoms in total. The molecule has 23 heavy (non-hydrogen) atoms. The molecule has 0 spiro atoms. The quantitative estimate of drug-likeness (QED) is 0.557. The Labute approximate surface area is 142 Å². The average Bonchev–Trinajstić information content (AvgIpc) is 3.17. The minimum atomic E-state index is 0.204. The van der Waals surface area contributed by atoms with E-state index in [1.165, 1.54) is 4.88 Å². The van der Waals surface area contributed by atoms with Crippen LogP contribution in [0.5, 0.6) is 0 Å². The van der Waals surface area contributed by atoms with Crippen molar-refractivity contribution in [2.75, 3.05) is 32.9 Å². The monoisotopic (exact) mass is 340 g/mol. The average molecular weight is 340 g/mol. The molecule has 0 amide bonds. The molecule has 0 bridgehead atoms. The molecule has 0 saturated carbocycles. The van der Waals surface area contributed by atoms with Gasteiger partial charge < -0.3 is 20.1 Å². The van der Waals surface area contributed by atoms with Crippen LogP contribution in [0.1, 0.15) is 30.2 Å². The van der Waals surface area contributed by atoms with Crippen LogP contribution < -0.4 is 10.6 Å². The van der Waals surface area contributed by atoms with Crippen LogP contribution in [0.4, 0.5) is 0 Å². The van der Waals surface area contributed by atoms with Crippen molar-refractivity contribution in [1.82, 2.24) is 15.6 Å². The Morgan fingerprint density at radius 1 is 1.61 bits per heavy atom. The number of thiazole rings is 1. The van der Waals surface area contributed by atoms with Crippen molar-refractivity contribution in [3.63, 3.8) is 0 Å². The largest absolute Gasteiger partial charge is 0.379 e. The van der Waals surface area contributed by atoms with Crippen LogP contribution in [0.15, 0.2) is 11.2 Å². The smallest absolute Gasteiger partial charge is 0.191 e. The molecule has 1 aromatic heterocycles. The number of nitrogens with one attached hydrogen (secondary N) is 2. The molecule has 2 heterocycles. The van der Waals surface area contributed by atoms with Gasteiger partial charge in [0.15, 0.2) is 5.96 Å². The fourth-order valence-electron chi connectivity index (χ4n) is 2.30. The minimum absolute atomic E-state index is 0.204. The fourth-order valence-corrected chi connectivity index (χ4v) is 3.08. The molecule has 2 unspecified atom stereocenters. The van der Waals surface area contributed by atoms with E-state index in [0.717, 1.165) is 43.5 Å². The van der Waals surface area contributed by atoms with Crippen molar-refractivity contribution in [2.24, 2.45) is 4.99 Å². The summed E-state index contributed by atoms with van der Waals surface area (Å²) in [5, 5.41) is 7.80. The summed E-state index contributed by atoms with van der Waals surface area (Å²) in [5.41, 5.74) is 0. The van der Waals surface area contributed by atoms with Crippen LogP contribution in [0, 0.1) is 6.92 Å². The number of hydrogen-bond donors (Lipinski definition) is 2. The topological polar surface area (TPSA) is 67.8 Å². The lowest BCUT2D eigenvalue weighted by molar-refractivity contribution is 0.0347. The Bertz CT molecular complexity index is 486. The van der Waals surface area contributed by atoms with Crippen LogP contribution in [0.25, 0.3) is 0 Å². The second-order valence-corrected chi connectivity index (χ2v) is 7.06. The number of aromatic nitrogens is 1. The highest BCUT2D eigenvalue weighted by Gasteiger charge is 2.17. The van der Waals surface area contributed by atoms with Gasteiger partial charge in [-0.05, 0) is 27.2 Å². The van der Waals surface area contributed by atoms with Gasteiger partial charge in [0, 0.05) is 43.2 Å². The number of rotatable bonds is 8. The zero-order valence-corrected chi connectivity index (χ0v) is 15.1. The Balaban J connectivity index is 1.73. The molecule has 0 aromatic carbocycles. The molecule has 1 fully saturated rings. The third kappa shape index (κ3) is 6.85. The van der Waals surface area contributed by atoms with E-state index in [4.69, 9.17) is 9.47 Å². The van der Waals surface area contributed by atoms with Crippen molar-refractivity contribution in [3.05, 3.63) is 16.1 Å². The maximum atomic E-state index is 5.84. The van der Waals surface area contributed by atoms with Gasteiger partial charge in [0.25, 0.3) is 0 Å². The van der Waals surface area contributed by atoms with Gasteiger partial charge in [-0.25, -0.2) is 4.98 Å². The number of guanidine groups is 1. The number of aryl methyl sites for hydroxylation is 1. The van der Waals surface area contributed by atoms with Gasteiger partial charge in [-0.3, -0.25) is 4.99 Å². The second-order valence-electron chi connectivity index (χ2n) is 5.74. The van der Waals surface area contributed by atoms with Gasteiger partial charge >= 0.3 is 0 Å². The molecule has 7 heteroatoms. The lowest BCUT2D eigenvalue weighted by atomic mass is 10.3. The summed E-state index contributed by atoms with van der Waals surface area (Å²) in [6.45, 7) is 10.0. The molecule has 1 aliphatic rings. The Morgan fingerprint density at radius 3 is 3.13 bits per heavy atom.